The highest BCUT2D eigenvalue weighted by molar-refractivity contribution is 6.04. The Kier molecular flexibility index (Phi) is 3.56. The number of nitrogens with two attached hydrogens (primary N) is 2. The Morgan fingerprint density at radius 2 is 2.15 bits per heavy atom. The Bertz CT molecular complexity index is 474. The Hall–Kier alpha value is -1.33. The molecule has 0 saturated heterocycles. The number of ether oxygens (including phenoxy) is 1. The molecule has 0 radical (unpaired) electrons. The number of hydrogen-bond donors (Lipinski definition) is 3. The Balaban J connectivity index is 1.80. The molecular weight excluding hydrogens is 252 g/mol. The van der Waals surface area contributed by atoms with Crippen LogP contribution >= 0.6 is 0 Å². The normalized spacial score (nSPS) is 36.6. The Morgan fingerprint density at radius 1 is 1.40 bits per heavy atom. The number of rotatable bonds is 3. The average Bonchev–Trinajstić information content (AvgIpc) is 2.94. The molecule has 0 aromatic carbocycles. The first-order valence-electron chi connectivity index (χ1n) is 7.42. The molecule has 2 aliphatic heterocycles. The smallest absolute Gasteiger partial charge is 0.130 e. The lowest BCUT2D eigenvalue weighted by atomic mass is 9.67. The van der Waals surface area contributed by atoms with Gasteiger partial charge in [-0.25, -0.2) is 0 Å². The van der Waals surface area contributed by atoms with E-state index in [1.807, 2.05) is 6.20 Å². The predicted octanol–water partition coefficient (Wildman–Crippen LogP) is 0.879. The fraction of sp³-hybridized carbons (Fsp3) is 0.667. The van der Waals surface area contributed by atoms with Gasteiger partial charge in [-0.05, 0) is 37.5 Å². The maximum Gasteiger partial charge on any atom is 0.130 e. The second kappa shape index (κ2) is 5.22. The van der Waals surface area contributed by atoms with Gasteiger partial charge in [0.1, 0.15) is 5.84 Å². The molecule has 110 valence electrons. The quantitative estimate of drug-likeness (QED) is 0.714. The highest BCUT2D eigenvalue weighted by Crippen LogP contribution is 2.42. The van der Waals surface area contributed by atoms with Gasteiger partial charge in [-0.1, -0.05) is 6.08 Å². The molecule has 1 aliphatic carbocycles. The van der Waals surface area contributed by atoms with Gasteiger partial charge in [-0.3, -0.25) is 4.99 Å². The van der Waals surface area contributed by atoms with E-state index in [1.165, 1.54) is 0 Å². The summed E-state index contributed by atoms with van der Waals surface area (Å²) in [6.07, 6.45) is 8.47. The van der Waals surface area contributed by atoms with Crippen molar-refractivity contribution in [3.8, 4) is 0 Å². The molecule has 1 fully saturated rings. The number of methoxy groups -OCH3 is 1. The topological polar surface area (TPSA) is 85.7 Å². The van der Waals surface area contributed by atoms with E-state index in [-0.39, 0.29) is 0 Å². The number of hydrogen-bond acceptors (Lipinski definition) is 5. The van der Waals surface area contributed by atoms with Crippen molar-refractivity contribution < 1.29 is 4.74 Å². The van der Waals surface area contributed by atoms with Crippen LogP contribution in [0.2, 0.25) is 0 Å². The molecule has 3 rings (SSSR count). The zero-order valence-electron chi connectivity index (χ0n) is 12.1. The molecule has 0 aromatic heterocycles. The van der Waals surface area contributed by atoms with Gasteiger partial charge in [0.05, 0.1) is 12.1 Å². The summed E-state index contributed by atoms with van der Waals surface area (Å²) in [7, 11) is 1.77. The summed E-state index contributed by atoms with van der Waals surface area (Å²) in [5, 5.41) is 3.15. The van der Waals surface area contributed by atoms with Crippen molar-refractivity contribution in [1.29, 1.82) is 0 Å². The van der Waals surface area contributed by atoms with Gasteiger partial charge < -0.3 is 21.5 Å². The molecule has 0 spiro atoms. The van der Waals surface area contributed by atoms with Crippen molar-refractivity contribution >= 4 is 5.84 Å². The van der Waals surface area contributed by atoms with Crippen LogP contribution in [0.1, 0.15) is 25.7 Å². The maximum atomic E-state index is 6.77. The minimum atomic E-state index is -0.543. The first kappa shape index (κ1) is 13.6. The molecule has 0 bridgehead atoms. The largest absolute Gasteiger partial charge is 0.399 e. The van der Waals surface area contributed by atoms with Crippen LogP contribution in [-0.2, 0) is 4.74 Å². The molecule has 5 nitrogen and oxygen atoms in total. The molecule has 1 atom stereocenters. The van der Waals surface area contributed by atoms with Crippen LogP contribution < -0.4 is 16.8 Å². The summed E-state index contributed by atoms with van der Waals surface area (Å²) in [5.74, 6) is 1.96. The fourth-order valence-corrected chi connectivity index (χ4v) is 3.80. The van der Waals surface area contributed by atoms with Gasteiger partial charge in [-0.2, -0.15) is 0 Å². The third-order valence-electron chi connectivity index (χ3n) is 4.98. The summed E-state index contributed by atoms with van der Waals surface area (Å²) in [6.45, 7) is 1.56. The van der Waals surface area contributed by atoms with Crippen LogP contribution in [0.4, 0.5) is 0 Å². The first-order valence-corrected chi connectivity index (χ1v) is 7.42. The van der Waals surface area contributed by atoms with E-state index in [1.54, 1.807) is 7.11 Å². The van der Waals surface area contributed by atoms with Gasteiger partial charge >= 0.3 is 0 Å². The molecule has 0 aromatic rings. The highest BCUT2D eigenvalue weighted by atomic mass is 16.5. The molecule has 1 saturated carbocycles. The van der Waals surface area contributed by atoms with E-state index in [9.17, 15) is 0 Å². The Morgan fingerprint density at radius 3 is 2.85 bits per heavy atom. The number of amidine groups is 1. The van der Waals surface area contributed by atoms with Crippen molar-refractivity contribution in [2.45, 2.75) is 31.2 Å². The third kappa shape index (κ3) is 2.05. The van der Waals surface area contributed by atoms with Crippen molar-refractivity contribution in [3.05, 3.63) is 23.5 Å². The molecule has 20 heavy (non-hydrogen) atoms. The van der Waals surface area contributed by atoms with Gasteiger partial charge in [0, 0.05) is 31.2 Å². The molecule has 2 heterocycles. The third-order valence-corrected chi connectivity index (χ3v) is 4.98. The Labute approximate surface area is 120 Å². The van der Waals surface area contributed by atoms with Crippen LogP contribution in [0.15, 0.2) is 28.5 Å². The molecule has 0 amide bonds. The molecule has 3 aliphatic rings. The van der Waals surface area contributed by atoms with E-state index in [0.717, 1.165) is 49.4 Å². The monoisotopic (exact) mass is 276 g/mol. The number of aliphatic imine (C=N–C) groups is 1. The summed E-state index contributed by atoms with van der Waals surface area (Å²) in [5.41, 5.74) is 14.3. The van der Waals surface area contributed by atoms with E-state index in [0.29, 0.717) is 18.4 Å². The number of fused-ring (bicyclic) bond motifs is 1. The average molecular weight is 276 g/mol. The van der Waals surface area contributed by atoms with Gasteiger partial charge in [0.25, 0.3) is 0 Å². The van der Waals surface area contributed by atoms with Crippen LogP contribution in [0.5, 0.6) is 0 Å². The second-order valence-corrected chi connectivity index (χ2v) is 6.09. The standard InChI is InChI=1S/C15H24N4O/c1-20-9-10-2-4-11(5-3-10)15(17)12-6-7-18-14(12)19-8-13(15)16/h6,8,10-11H,2-5,7,9,16-17H2,1H3,(H,18,19). The number of nitrogens with one attached hydrogen (secondary N) is 1. The summed E-state index contributed by atoms with van der Waals surface area (Å²) < 4.78 is 5.27. The van der Waals surface area contributed by atoms with E-state index < -0.39 is 5.54 Å². The SMILES string of the molecule is COCC1CCC(C2(N)C(N)=CNC3=NCC=C32)CC1. The maximum absolute atomic E-state index is 6.77. The summed E-state index contributed by atoms with van der Waals surface area (Å²) in [4.78, 5) is 4.44. The lowest BCUT2D eigenvalue weighted by Gasteiger charge is -2.44. The lowest BCUT2D eigenvalue weighted by molar-refractivity contribution is 0.109. The molecule has 5 N–H and O–H groups in total. The number of nitrogens with zero attached hydrogens (tertiary/aromatic N) is 1. The van der Waals surface area contributed by atoms with Crippen molar-refractivity contribution in [3.63, 3.8) is 0 Å². The van der Waals surface area contributed by atoms with Gasteiger partial charge in [-0.15, -0.1) is 0 Å². The molecular formula is C15H24N4O. The van der Waals surface area contributed by atoms with Gasteiger partial charge in [0.2, 0.25) is 0 Å². The second-order valence-electron chi connectivity index (χ2n) is 6.09. The minimum Gasteiger partial charge on any atom is -0.399 e. The molecule has 1 unspecified atom stereocenters. The summed E-state index contributed by atoms with van der Waals surface area (Å²) in [6, 6.07) is 0. The minimum absolute atomic E-state index is 0.392. The van der Waals surface area contributed by atoms with E-state index in [4.69, 9.17) is 16.2 Å². The van der Waals surface area contributed by atoms with Crippen LogP contribution in [0, 0.1) is 11.8 Å². The fourth-order valence-electron chi connectivity index (χ4n) is 3.80. The first-order chi connectivity index (χ1) is 9.66. The van der Waals surface area contributed by atoms with Crippen LogP contribution in [-0.4, -0.2) is 31.6 Å². The predicted molar refractivity (Wildman–Crippen MR) is 80.0 cm³/mol. The van der Waals surface area contributed by atoms with Crippen molar-refractivity contribution in [2.24, 2.45) is 28.3 Å². The van der Waals surface area contributed by atoms with Crippen LogP contribution in [0.3, 0.4) is 0 Å². The van der Waals surface area contributed by atoms with Crippen molar-refractivity contribution in [1.82, 2.24) is 5.32 Å². The highest BCUT2D eigenvalue weighted by Gasteiger charge is 2.46. The van der Waals surface area contributed by atoms with E-state index in [2.05, 4.69) is 16.4 Å². The van der Waals surface area contributed by atoms with E-state index >= 15 is 0 Å². The summed E-state index contributed by atoms with van der Waals surface area (Å²) >= 11 is 0. The molecule has 5 heteroatoms. The van der Waals surface area contributed by atoms with Crippen molar-refractivity contribution in [2.75, 3.05) is 20.3 Å². The zero-order valence-corrected chi connectivity index (χ0v) is 12.1. The van der Waals surface area contributed by atoms with Gasteiger partial charge in [0.15, 0.2) is 0 Å². The lowest BCUT2D eigenvalue weighted by Crippen LogP contribution is -2.59. The van der Waals surface area contributed by atoms with Crippen LogP contribution in [0.25, 0.3) is 0 Å². The zero-order chi connectivity index (χ0) is 14.2.